The van der Waals surface area contributed by atoms with E-state index >= 15 is 0 Å². The number of anilines is 1. The quantitative estimate of drug-likeness (QED) is 0.221. The van der Waals surface area contributed by atoms with Crippen molar-refractivity contribution < 1.29 is 18.0 Å². The van der Waals surface area contributed by atoms with Crippen molar-refractivity contribution in [2.75, 3.05) is 17.4 Å². The molecule has 0 aromatic heterocycles. The number of carbonyl (C=O) groups excluding carboxylic acids is 2. The van der Waals surface area contributed by atoms with Gasteiger partial charge in [0.05, 0.1) is 10.6 Å². The molecule has 3 aromatic rings. The van der Waals surface area contributed by atoms with E-state index in [0.29, 0.717) is 38.4 Å². The van der Waals surface area contributed by atoms with E-state index < -0.39 is 28.5 Å². The lowest BCUT2D eigenvalue weighted by atomic mass is 10.1. The van der Waals surface area contributed by atoms with Crippen LogP contribution in [-0.2, 0) is 26.2 Å². The smallest absolute Gasteiger partial charge is 0.264 e. The Morgan fingerprint density at radius 1 is 0.927 bits per heavy atom. The number of unbranched alkanes of at least 4 members (excludes halogenated alkanes) is 1. The molecule has 1 N–H and O–H groups in total. The van der Waals surface area contributed by atoms with Crippen molar-refractivity contribution in [3.05, 3.63) is 92.4 Å². The summed E-state index contributed by atoms with van der Waals surface area (Å²) in [7, 11) is -4.19. The summed E-state index contributed by atoms with van der Waals surface area (Å²) in [6, 6.07) is 15.1. The number of benzene rings is 3. The Balaban J connectivity index is 2.06. The molecule has 1 atom stereocenters. The highest BCUT2D eigenvalue weighted by Gasteiger charge is 2.33. The first-order valence-corrected chi connectivity index (χ1v) is 15.8. The molecule has 11 heteroatoms. The lowest BCUT2D eigenvalue weighted by Crippen LogP contribution is -2.51. The molecule has 0 fully saturated rings. The number of rotatable bonds is 12. The number of nitrogens with one attached hydrogen (secondary N) is 1. The summed E-state index contributed by atoms with van der Waals surface area (Å²) in [6.45, 7) is 7.06. The van der Waals surface area contributed by atoms with Crippen LogP contribution in [0.5, 0.6) is 0 Å². The molecule has 0 heterocycles. The van der Waals surface area contributed by atoms with Crippen molar-refractivity contribution in [2.24, 2.45) is 0 Å². The van der Waals surface area contributed by atoms with Gasteiger partial charge in [0, 0.05) is 28.2 Å². The predicted molar refractivity (Wildman–Crippen MR) is 166 cm³/mol. The van der Waals surface area contributed by atoms with Crippen molar-refractivity contribution in [1.29, 1.82) is 0 Å². The van der Waals surface area contributed by atoms with Crippen LogP contribution in [0.4, 0.5) is 5.69 Å². The maximum atomic E-state index is 14.0. The first-order valence-electron chi connectivity index (χ1n) is 13.2. The highest BCUT2D eigenvalue weighted by atomic mass is 35.5. The summed E-state index contributed by atoms with van der Waals surface area (Å²) in [6.07, 6.45) is 1.68. The zero-order chi connectivity index (χ0) is 30.3. The number of amides is 2. The van der Waals surface area contributed by atoms with Gasteiger partial charge in [-0.15, -0.1) is 0 Å². The molecule has 3 aromatic carbocycles. The topological polar surface area (TPSA) is 86.8 Å². The fourth-order valence-electron chi connectivity index (χ4n) is 4.20. The molecule has 41 heavy (non-hydrogen) atoms. The van der Waals surface area contributed by atoms with Crippen LogP contribution >= 0.6 is 34.8 Å². The molecule has 3 rings (SSSR count). The van der Waals surface area contributed by atoms with Gasteiger partial charge < -0.3 is 10.2 Å². The van der Waals surface area contributed by atoms with Gasteiger partial charge in [0.2, 0.25) is 11.8 Å². The zero-order valence-electron chi connectivity index (χ0n) is 23.5. The maximum Gasteiger partial charge on any atom is 0.264 e. The molecule has 0 aliphatic carbocycles. The molecule has 220 valence electrons. The van der Waals surface area contributed by atoms with E-state index in [-0.39, 0.29) is 17.3 Å². The molecular weight excluding hydrogens is 605 g/mol. The van der Waals surface area contributed by atoms with E-state index in [2.05, 4.69) is 5.32 Å². The van der Waals surface area contributed by atoms with Gasteiger partial charge >= 0.3 is 0 Å². The van der Waals surface area contributed by atoms with Crippen molar-refractivity contribution in [3.8, 4) is 0 Å². The van der Waals surface area contributed by atoms with E-state index in [9.17, 15) is 18.0 Å². The Kier molecular flexibility index (Phi) is 11.5. The van der Waals surface area contributed by atoms with Gasteiger partial charge in [0.1, 0.15) is 12.6 Å². The Morgan fingerprint density at radius 3 is 2.17 bits per heavy atom. The average Bonchev–Trinajstić information content (AvgIpc) is 2.91. The highest BCUT2D eigenvalue weighted by Crippen LogP contribution is 2.30. The van der Waals surface area contributed by atoms with Crippen LogP contribution in [0.2, 0.25) is 15.1 Å². The van der Waals surface area contributed by atoms with Gasteiger partial charge in [-0.2, -0.15) is 0 Å². The lowest BCUT2D eigenvalue weighted by molar-refractivity contribution is -0.139. The molecule has 0 radical (unpaired) electrons. The molecule has 0 saturated heterocycles. The van der Waals surface area contributed by atoms with Crippen LogP contribution in [0, 0.1) is 13.8 Å². The van der Waals surface area contributed by atoms with E-state index in [1.54, 1.807) is 62.4 Å². The Morgan fingerprint density at radius 2 is 1.56 bits per heavy atom. The number of aryl methyl sites for hydroxylation is 2. The van der Waals surface area contributed by atoms with Crippen LogP contribution in [-0.4, -0.2) is 44.3 Å². The Bertz CT molecular complexity index is 1500. The number of carbonyl (C=O) groups is 2. The van der Waals surface area contributed by atoms with Gasteiger partial charge in [0.25, 0.3) is 10.0 Å². The van der Waals surface area contributed by atoms with Gasteiger partial charge in [-0.1, -0.05) is 71.9 Å². The second kappa shape index (κ2) is 14.4. The van der Waals surface area contributed by atoms with Crippen LogP contribution in [0.3, 0.4) is 0 Å². The van der Waals surface area contributed by atoms with Gasteiger partial charge in [-0.05, 0) is 80.8 Å². The summed E-state index contributed by atoms with van der Waals surface area (Å²) < 4.78 is 29.0. The molecule has 7 nitrogen and oxygen atoms in total. The summed E-state index contributed by atoms with van der Waals surface area (Å²) in [5.74, 6) is -0.938. The second-order valence-electron chi connectivity index (χ2n) is 9.83. The van der Waals surface area contributed by atoms with Crippen molar-refractivity contribution >= 4 is 62.3 Å². The van der Waals surface area contributed by atoms with Crippen LogP contribution < -0.4 is 9.62 Å². The minimum absolute atomic E-state index is 0.0305. The Hall–Kier alpha value is -2.78. The van der Waals surface area contributed by atoms with Gasteiger partial charge in [-0.3, -0.25) is 13.9 Å². The summed E-state index contributed by atoms with van der Waals surface area (Å²) in [5.41, 5.74) is 2.32. The largest absolute Gasteiger partial charge is 0.354 e. The molecule has 0 spiro atoms. The average molecular weight is 639 g/mol. The predicted octanol–water partition coefficient (Wildman–Crippen LogP) is 6.79. The fourth-order valence-corrected chi connectivity index (χ4v) is 6.38. The summed E-state index contributed by atoms with van der Waals surface area (Å²) in [5, 5.41) is 4.04. The van der Waals surface area contributed by atoms with E-state index in [1.807, 2.05) is 13.8 Å². The third-order valence-electron chi connectivity index (χ3n) is 6.67. The standard InChI is InChI=1S/C30H34Cl3N3O4S/c1-5-6-15-34-30(38)22(4)35(18-23-9-10-25(32)17-27(23)33)29(37)19-36(28-14-11-24(31)16-21(28)3)41(39,40)26-12-7-20(2)8-13-26/h7-14,16-17,22H,5-6,15,18-19H2,1-4H3,(H,34,38)/t22-/m1/s1. The first kappa shape index (κ1) is 32.7. The molecule has 0 saturated carbocycles. The van der Waals surface area contributed by atoms with Gasteiger partial charge in [-0.25, -0.2) is 8.42 Å². The molecule has 0 unspecified atom stereocenters. The molecule has 0 aliphatic rings. The SMILES string of the molecule is CCCCNC(=O)[C@@H](C)N(Cc1ccc(Cl)cc1Cl)C(=O)CN(c1ccc(Cl)cc1C)S(=O)(=O)c1ccc(C)cc1. The van der Waals surface area contributed by atoms with Crippen LogP contribution in [0.1, 0.15) is 43.4 Å². The summed E-state index contributed by atoms with van der Waals surface area (Å²) in [4.78, 5) is 28.5. The van der Waals surface area contributed by atoms with Crippen molar-refractivity contribution in [3.63, 3.8) is 0 Å². The number of halogens is 3. The minimum Gasteiger partial charge on any atom is -0.354 e. The Labute approximate surface area is 257 Å². The first-order chi connectivity index (χ1) is 19.3. The number of sulfonamides is 1. The number of hydrogen-bond acceptors (Lipinski definition) is 4. The molecule has 0 aliphatic heterocycles. The van der Waals surface area contributed by atoms with Crippen LogP contribution in [0.25, 0.3) is 0 Å². The van der Waals surface area contributed by atoms with E-state index in [1.165, 1.54) is 17.0 Å². The normalized spacial score (nSPS) is 12.1. The third kappa shape index (κ3) is 8.38. The maximum absolute atomic E-state index is 14.0. The number of hydrogen-bond donors (Lipinski definition) is 1. The second-order valence-corrected chi connectivity index (χ2v) is 13.0. The molecular formula is C30H34Cl3N3O4S. The van der Waals surface area contributed by atoms with Gasteiger partial charge in [0.15, 0.2) is 0 Å². The summed E-state index contributed by atoms with van der Waals surface area (Å²) >= 11 is 18.7. The highest BCUT2D eigenvalue weighted by molar-refractivity contribution is 7.92. The fraction of sp³-hybridized carbons (Fsp3) is 0.333. The minimum atomic E-state index is -4.19. The van der Waals surface area contributed by atoms with Crippen molar-refractivity contribution in [1.82, 2.24) is 10.2 Å². The van der Waals surface area contributed by atoms with Crippen LogP contribution in [0.15, 0.2) is 65.6 Å². The molecule has 2 amide bonds. The van der Waals surface area contributed by atoms with E-state index in [4.69, 9.17) is 34.8 Å². The monoisotopic (exact) mass is 637 g/mol. The lowest BCUT2D eigenvalue weighted by Gasteiger charge is -2.32. The number of nitrogens with zero attached hydrogens (tertiary/aromatic N) is 2. The van der Waals surface area contributed by atoms with E-state index in [0.717, 1.165) is 22.7 Å². The van der Waals surface area contributed by atoms with Crippen molar-refractivity contribution in [2.45, 2.75) is 58.0 Å². The molecule has 0 bridgehead atoms. The zero-order valence-corrected chi connectivity index (χ0v) is 26.5. The third-order valence-corrected chi connectivity index (χ3v) is 9.26.